The van der Waals surface area contributed by atoms with Crippen molar-refractivity contribution in [3.63, 3.8) is 0 Å². The summed E-state index contributed by atoms with van der Waals surface area (Å²) in [5.74, 6) is 0.0217. The Kier molecular flexibility index (Phi) is 5.01. The van der Waals surface area contributed by atoms with Crippen LogP contribution in [0.1, 0.15) is 28.5 Å². The van der Waals surface area contributed by atoms with Crippen LogP contribution in [0.25, 0.3) is 0 Å². The molecular formula is C17H15N3O3. The van der Waals surface area contributed by atoms with Crippen LogP contribution in [0.5, 0.6) is 5.75 Å². The number of hydrogen-bond donors (Lipinski definition) is 0. The van der Waals surface area contributed by atoms with E-state index in [1.165, 1.54) is 6.07 Å². The van der Waals surface area contributed by atoms with Gasteiger partial charge >= 0.3 is 5.97 Å². The summed E-state index contributed by atoms with van der Waals surface area (Å²) in [5, 5.41) is 17.7. The molecule has 0 aliphatic heterocycles. The summed E-state index contributed by atoms with van der Waals surface area (Å²) in [4.78, 5) is 12.1. The normalized spacial score (nSPS) is 11.1. The SMILES string of the molecule is CC(COc1cccc(C#N)c1)OC(=O)c1cc(C#N)cn1C. The molecule has 23 heavy (non-hydrogen) atoms. The molecule has 6 nitrogen and oxygen atoms in total. The molecule has 6 heteroatoms. The van der Waals surface area contributed by atoms with Crippen LogP contribution in [0.4, 0.5) is 0 Å². The van der Waals surface area contributed by atoms with Crippen LogP contribution < -0.4 is 4.74 Å². The minimum atomic E-state index is -0.518. The number of aryl methyl sites for hydroxylation is 1. The van der Waals surface area contributed by atoms with Gasteiger partial charge in [-0.3, -0.25) is 0 Å². The van der Waals surface area contributed by atoms with Gasteiger partial charge in [-0.1, -0.05) is 6.07 Å². The Balaban J connectivity index is 1.92. The van der Waals surface area contributed by atoms with Crippen molar-refractivity contribution in [2.24, 2.45) is 7.05 Å². The van der Waals surface area contributed by atoms with Gasteiger partial charge in [0.15, 0.2) is 0 Å². The third-order valence-corrected chi connectivity index (χ3v) is 3.10. The Labute approximate surface area is 134 Å². The van der Waals surface area contributed by atoms with Crippen LogP contribution in [0, 0.1) is 22.7 Å². The first-order valence-electron chi connectivity index (χ1n) is 6.94. The summed E-state index contributed by atoms with van der Waals surface area (Å²) in [5.41, 5.74) is 1.21. The standard InChI is InChI=1S/C17H15N3O3/c1-12(11-22-15-5-3-4-13(6-15)8-18)23-17(21)16-7-14(9-19)10-20(16)2/h3-7,10,12H,11H2,1-2H3. The summed E-state index contributed by atoms with van der Waals surface area (Å²) in [7, 11) is 1.67. The van der Waals surface area contributed by atoms with E-state index in [1.54, 1.807) is 49.0 Å². The second kappa shape index (κ2) is 7.15. The van der Waals surface area contributed by atoms with Crippen LogP contribution in [-0.4, -0.2) is 23.2 Å². The molecule has 0 bridgehead atoms. The van der Waals surface area contributed by atoms with E-state index in [4.69, 9.17) is 20.0 Å². The molecule has 0 radical (unpaired) electrons. The predicted molar refractivity (Wildman–Crippen MR) is 81.7 cm³/mol. The lowest BCUT2D eigenvalue weighted by molar-refractivity contribution is 0.0218. The van der Waals surface area contributed by atoms with E-state index >= 15 is 0 Å². The smallest absolute Gasteiger partial charge is 0.355 e. The number of esters is 1. The zero-order valence-corrected chi connectivity index (χ0v) is 12.8. The zero-order valence-electron chi connectivity index (χ0n) is 12.8. The number of rotatable bonds is 5. The van der Waals surface area contributed by atoms with Gasteiger partial charge < -0.3 is 14.0 Å². The van der Waals surface area contributed by atoms with E-state index in [2.05, 4.69) is 0 Å². The van der Waals surface area contributed by atoms with E-state index in [0.29, 0.717) is 22.6 Å². The first-order valence-corrected chi connectivity index (χ1v) is 6.94. The van der Waals surface area contributed by atoms with Crippen LogP contribution >= 0.6 is 0 Å². The predicted octanol–water partition coefficient (Wildman–Crippen LogP) is 2.39. The van der Waals surface area contributed by atoms with Crippen LogP contribution in [0.15, 0.2) is 36.5 Å². The number of hydrogen-bond acceptors (Lipinski definition) is 5. The number of nitriles is 2. The Morgan fingerprint density at radius 3 is 2.65 bits per heavy atom. The second-order valence-electron chi connectivity index (χ2n) is 5.00. The van der Waals surface area contributed by atoms with Crippen LogP contribution in [0.2, 0.25) is 0 Å². The zero-order chi connectivity index (χ0) is 16.8. The van der Waals surface area contributed by atoms with Gasteiger partial charge in [-0.05, 0) is 31.2 Å². The fourth-order valence-corrected chi connectivity index (χ4v) is 1.97. The second-order valence-corrected chi connectivity index (χ2v) is 5.00. The third-order valence-electron chi connectivity index (χ3n) is 3.10. The average molecular weight is 309 g/mol. The molecule has 1 atom stereocenters. The van der Waals surface area contributed by atoms with E-state index < -0.39 is 12.1 Å². The number of ether oxygens (including phenoxy) is 2. The summed E-state index contributed by atoms with van der Waals surface area (Å²) < 4.78 is 12.4. The van der Waals surface area contributed by atoms with E-state index in [9.17, 15) is 4.79 Å². The lowest BCUT2D eigenvalue weighted by Crippen LogP contribution is -2.23. The van der Waals surface area contributed by atoms with Crippen LogP contribution in [-0.2, 0) is 11.8 Å². The average Bonchev–Trinajstić information content (AvgIpc) is 2.94. The Morgan fingerprint density at radius 2 is 2.00 bits per heavy atom. The van der Waals surface area contributed by atoms with Crippen molar-refractivity contribution in [1.29, 1.82) is 10.5 Å². The molecule has 0 fully saturated rings. The molecule has 0 amide bonds. The van der Waals surface area contributed by atoms with Gasteiger partial charge in [0, 0.05) is 13.2 Å². The summed E-state index contributed by atoms with van der Waals surface area (Å²) in [6, 6.07) is 12.2. The molecular weight excluding hydrogens is 294 g/mol. The van der Waals surface area contributed by atoms with Crippen molar-refractivity contribution < 1.29 is 14.3 Å². The van der Waals surface area contributed by atoms with Crippen molar-refractivity contribution in [2.75, 3.05) is 6.61 Å². The molecule has 0 saturated heterocycles. The van der Waals surface area contributed by atoms with Crippen molar-refractivity contribution in [3.05, 3.63) is 53.3 Å². The maximum absolute atomic E-state index is 12.1. The number of benzene rings is 1. The van der Waals surface area contributed by atoms with Crippen LogP contribution in [0.3, 0.4) is 0 Å². The lowest BCUT2D eigenvalue weighted by Gasteiger charge is -2.14. The molecule has 1 aromatic heterocycles. The molecule has 2 rings (SSSR count). The molecule has 2 aromatic rings. The highest BCUT2D eigenvalue weighted by atomic mass is 16.6. The first kappa shape index (κ1) is 16.1. The molecule has 0 aliphatic rings. The fraction of sp³-hybridized carbons (Fsp3) is 0.235. The number of aromatic nitrogens is 1. The van der Waals surface area contributed by atoms with Gasteiger partial charge in [0.1, 0.15) is 30.2 Å². The molecule has 1 unspecified atom stereocenters. The van der Waals surface area contributed by atoms with Gasteiger partial charge in [-0.2, -0.15) is 10.5 Å². The minimum Gasteiger partial charge on any atom is -0.490 e. The maximum atomic E-state index is 12.1. The van der Waals surface area contributed by atoms with Gasteiger partial charge in [0.2, 0.25) is 0 Å². The topological polar surface area (TPSA) is 88.0 Å². The lowest BCUT2D eigenvalue weighted by atomic mass is 10.2. The Morgan fingerprint density at radius 1 is 1.26 bits per heavy atom. The van der Waals surface area contributed by atoms with E-state index in [1.807, 2.05) is 12.1 Å². The number of carbonyl (C=O) groups excluding carboxylic acids is 1. The minimum absolute atomic E-state index is 0.163. The maximum Gasteiger partial charge on any atom is 0.355 e. The van der Waals surface area contributed by atoms with Gasteiger partial charge in [0.25, 0.3) is 0 Å². The summed E-state index contributed by atoms with van der Waals surface area (Å²) in [6.45, 7) is 1.87. The molecule has 0 spiro atoms. The Hall–Kier alpha value is -3.25. The highest BCUT2D eigenvalue weighted by molar-refractivity contribution is 5.88. The van der Waals surface area contributed by atoms with Crippen molar-refractivity contribution >= 4 is 5.97 Å². The monoisotopic (exact) mass is 309 g/mol. The molecule has 116 valence electrons. The van der Waals surface area contributed by atoms with E-state index in [0.717, 1.165) is 0 Å². The van der Waals surface area contributed by atoms with Crippen molar-refractivity contribution in [3.8, 4) is 17.9 Å². The van der Waals surface area contributed by atoms with E-state index in [-0.39, 0.29) is 6.61 Å². The first-order chi connectivity index (χ1) is 11.0. The van der Waals surface area contributed by atoms with Gasteiger partial charge in [-0.25, -0.2) is 4.79 Å². The molecule has 0 N–H and O–H groups in total. The number of nitrogens with zero attached hydrogens (tertiary/aromatic N) is 3. The summed E-state index contributed by atoms with van der Waals surface area (Å²) >= 11 is 0. The highest BCUT2D eigenvalue weighted by Gasteiger charge is 2.16. The highest BCUT2D eigenvalue weighted by Crippen LogP contribution is 2.14. The Bertz CT molecular complexity index is 796. The molecule has 1 heterocycles. The van der Waals surface area contributed by atoms with Gasteiger partial charge in [0.05, 0.1) is 17.2 Å². The van der Waals surface area contributed by atoms with Crippen molar-refractivity contribution in [1.82, 2.24) is 4.57 Å². The number of carbonyl (C=O) groups is 1. The molecule has 0 aliphatic carbocycles. The third kappa shape index (κ3) is 4.12. The fourth-order valence-electron chi connectivity index (χ4n) is 1.97. The largest absolute Gasteiger partial charge is 0.490 e. The quantitative estimate of drug-likeness (QED) is 0.791. The van der Waals surface area contributed by atoms with Gasteiger partial charge in [-0.15, -0.1) is 0 Å². The molecule has 1 aromatic carbocycles. The molecule has 0 saturated carbocycles. The van der Waals surface area contributed by atoms with Crippen molar-refractivity contribution in [2.45, 2.75) is 13.0 Å². The summed E-state index contributed by atoms with van der Waals surface area (Å²) in [6.07, 6.45) is 1.08.